The van der Waals surface area contributed by atoms with Gasteiger partial charge in [-0.2, -0.15) is 4.98 Å². The SMILES string of the molecule is Cc1cc(N2CCCOC[C@@H]2c2ccc(OC[C@@H](O)CO)cc2Cl)nc(N)n1. The van der Waals surface area contributed by atoms with E-state index in [2.05, 4.69) is 14.9 Å². The van der Waals surface area contributed by atoms with Gasteiger partial charge in [-0.15, -0.1) is 0 Å². The number of aryl methyl sites for hydroxylation is 1. The average Bonchev–Trinajstić information content (AvgIpc) is 2.91. The van der Waals surface area contributed by atoms with Crippen LogP contribution in [0.15, 0.2) is 24.3 Å². The molecule has 1 saturated heterocycles. The Balaban J connectivity index is 1.87. The van der Waals surface area contributed by atoms with Crippen molar-refractivity contribution in [2.24, 2.45) is 0 Å². The second kappa shape index (κ2) is 9.38. The van der Waals surface area contributed by atoms with Crippen molar-refractivity contribution in [3.8, 4) is 5.75 Å². The fourth-order valence-electron chi connectivity index (χ4n) is 3.14. The molecule has 0 radical (unpaired) electrons. The Hall–Kier alpha value is -2.13. The Morgan fingerprint density at radius 3 is 2.93 bits per heavy atom. The van der Waals surface area contributed by atoms with Gasteiger partial charge in [-0.3, -0.25) is 0 Å². The minimum absolute atomic E-state index is 0.00959. The van der Waals surface area contributed by atoms with Gasteiger partial charge in [0.25, 0.3) is 0 Å². The fourth-order valence-corrected chi connectivity index (χ4v) is 3.44. The number of ether oxygens (including phenoxy) is 2. The van der Waals surface area contributed by atoms with Crippen molar-refractivity contribution in [3.05, 3.63) is 40.5 Å². The Bertz CT molecular complexity index is 787. The summed E-state index contributed by atoms with van der Waals surface area (Å²) in [6, 6.07) is 7.13. The van der Waals surface area contributed by atoms with Gasteiger partial charge in [0.2, 0.25) is 5.95 Å². The number of aromatic nitrogens is 2. The van der Waals surface area contributed by atoms with E-state index < -0.39 is 6.10 Å². The molecule has 9 heteroatoms. The fraction of sp³-hybridized carbons (Fsp3) is 0.474. The van der Waals surface area contributed by atoms with Gasteiger partial charge in [0.15, 0.2) is 0 Å². The molecular formula is C19H25ClN4O4. The lowest BCUT2D eigenvalue weighted by Gasteiger charge is -2.31. The van der Waals surface area contributed by atoms with Crippen LogP contribution in [0.25, 0.3) is 0 Å². The summed E-state index contributed by atoms with van der Waals surface area (Å²) in [5.74, 6) is 1.49. The molecule has 152 valence electrons. The van der Waals surface area contributed by atoms with E-state index in [1.807, 2.05) is 19.1 Å². The van der Waals surface area contributed by atoms with Gasteiger partial charge >= 0.3 is 0 Å². The number of aliphatic hydroxyl groups is 2. The second-order valence-corrected chi connectivity index (χ2v) is 7.10. The number of halogens is 1. The van der Waals surface area contributed by atoms with Crippen molar-refractivity contribution in [1.82, 2.24) is 9.97 Å². The molecule has 0 saturated carbocycles. The molecule has 3 rings (SSSR count). The van der Waals surface area contributed by atoms with Crippen molar-refractivity contribution in [1.29, 1.82) is 0 Å². The normalized spacial score (nSPS) is 18.6. The van der Waals surface area contributed by atoms with Crippen LogP contribution in [-0.2, 0) is 4.74 Å². The van der Waals surface area contributed by atoms with Gasteiger partial charge in [-0.25, -0.2) is 4.98 Å². The zero-order chi connectivity index (χ0) is 20.1. The van der Waals surface area contributed by atoms with E-state index in [0.717, 1.165) is 30.0 Å². The Kier molecular flexibility index (Phi) is 6.90. The summed E-state index contributed by atoms with van der Waals surface area (Å²) in [5.41, 5.74) is 7.53. The van der Waals surface area contributed by atoms with Crippen molar-refractivity contribution in [2.75, 3.05) is 43.6 Å². The maximum absolute atomic E-state index is 9.43. The molecule has 0 unspecified atom stereocenters. The number of nitrogen functional groups attached to an aromatic ring is 1. The second-order valence-electron chi connectivity index (χ2n) is 6.69. The number of hydrogen-bond acceptors (Lipinski definition) is 8. The monoisotopic (exact) mass is 408 g/mol. The third kappa shape index (κ3) is 5.02. The van der Waals surface area contributed by atoms with Gasteiger partial charge in [0.1, 0.15) is 24.3 Å². The molecule has 4 N–H and O–H groups in total. The standard InChI is InChI=1S/C19H25ClN4O4/c1-12-7-18(23-19(21)22-12)24-5-2-6-27-11-17(24)15-4-3-14(8-16(15)20)28-10-13(26)9-25/h3-4,7-8,13,17,25-26H,2,5-6,9-11H2,1H3,(H2,21,22,23)/t13-,17+/m0/s1. The highest BCUT2D eigenvalue weighted by atomic mass is 35.5. The zero-order valence-corrected chi connectivity index (χ0v) is 16.5. The molecule has 0 bridgehead atoms. The Morgan fingerprint density at radius 2 is 2.21 bits per heavy atom. The van der Waals surface area contributed by atoms with Gasteiger partial charge in [0.05, 0.1) is 19.3 Å². The molecular weight excluding hydrogens is 384 g/mol. The van der Waals surface area contributed by atoms with Crippen LogP contribution in [0.4, 0.5) is 11.8 Å². The highest BCUT2D eigenvalue weighted by Crippen LogP contribution is 2.34. The molecule has 0 spiro atoms. The maximum atomic E-state index is 9.43. The van der Waals surface area contributed by atoms with E-state index in [0.29, 0.717) is 24.0 Å². The highest BCUT2D eigenvalue weighted by molar-refractivity contribution is 6.31. The minimum Gasteiger partial charge on any atom is -0.491 e. The van der Waals surface area contributed by atoms with Crippen molar-refractivity contribution >= 4 is 23.4 Å². The molecule has 1 aliphatic heterocycles. The van der Waals surface area contributed by atoms with Gasteiger partial charge in [-0.05, 0) is 31.0 Å². The van der Waals surface area contributed by atoms with Gasteiger partial charge < -0.3 is 30.3 Å². The van der Waals surface area contributed by atoms with Crippen LogP contribution in [0.5, 0.6) is 5.75 Å². The molecule has 0 amide bonds. The van der Waals surface area contributed by atoms with Crippen LogP contribution in [-0.4, -0.2) is 59.3 Å². The van der Waals surface area contributed by atoms with Gasteiger partial charge in [0, 0.05) is 29.9 Å². The summed E-state index contributed by atoms with van der Waals surface area (Å²) < 4.78 is 11.3. The molecule has 2 aromatic rings. The quantitative estimate of drug-likeness (QED) is 0.662. The summed E-state index contributed by atoms with van der Waals surface area (Å²) in [5, 5.41) is 18.8. The Labute approximate surface area is 168 Å². The minimum atomic E-state index is -0.935. The summed E-state index contributed by atoms with van der Waals surface area (Å²) in [6.45, 7) is 3.38. The smallest absolute Gasteiger partial charge is 0.222 e. The molecule has 0 aliphatic carbocycles. The van der Waals surface area contributed by atoms with Crippen LogP contribution in [0, 0.1) is 6.92 Å². The molecule has 1 aromatic heterocycles. The van der Waals surface area contributed by atoms with E-state index in [1.54, 1.807) is 12.1 Å². The lowest BCUT2D eigenvalue weighted by atomic mass is 10.1. The predicted octanol–water partition coefficient (Wildman–Crippen LogP) is 1.72. The van der Waals surface area contributed by atoms with Crippen LogP contribution in [0.1, 0.15) is 23.7 Å². The first-order chi connectivity index (χ1) is 13.5. The first-order valence-corrected chi connectivity index (χ1v) is 9.52. The van der Waals surface area contributed by atoms with E-state index in [9.17, 15) is 5.11 Å². The van der Waals surface area contributed by atoms with Crippen LogP contribution in [0.2, 0.25) is 5.02 Å². The third-order valence-corrected chi connectivity index (χ3v) is 4.80. The van der Waals surface area contributed by atoms with E-state index >= 15 is 0 Å². The first-order valence-electron chi connectivity index (χ1n) is 9.14. The molecule has 1 aromatic carbocycles. The highest BCUT2D eigenvalue weighted by Gasteiger charge is 2.27. The van der Waals surface area contributed by atoms with Gasteiger partial charge in [-0.1, -0.05) is 17.7 Å². The number of nitrogens with two attached hydrogens (primary N) is 1. The number of benzene rings is 1. The topological polar surface area (TPSA) is 114 Å². The number of anilines is 2. The average molecular weight is 409 g/mol. The van der Waals surface area contributed by atoms with E-state index in [-0.39, 0.29) is 25.2 Å². The molecule has 2 atom stereocenters. The number of aliphatic hydroxyl groups excluding tert-OH is 2. The first kappa shape index (κ1) is 20.6. The molecule has 28 heavy (non-hydrogen) atoms. The van der Waals surface area contributed by atoms with Crippen LogP contribution < -0.4 is 15.4 Å². The summed E-state index contributed by atoms with van der Waals surface area (Å²) in [7, 11) is 0. The summed E-state index contributed by atoms with van der Waals surface area (Å²) in [4.78, 5) is 10.7. The van der Waals surface area contributed by atoms with Crippen molar-refractivity contribution in [3.63, 3.8) is 0 Å². The van der Waals surface area contributed by atoms with Crippen molar-refractivity contribution < 1.29 is 19.7 Å². The number of nitrogens with zero attached hydrogens (tertiary/aromatic N) is 3. The zero-order valence-electron chi connectivity index (χ0n) is 15.7. The lowest BCUT2D eigenvalue weighted by molar-refractivity contribution is 0.0536. The summed E-state index contributed by atoms with van der Waals surface area (Å²) in [6.07, 6.45) is -0.0761. The molecule has 2 heterocycles. The Morgan fingerprint density at radius 1 is 1.39 bits per heavy atom. The van der Waals surface area contributed by atoms with E-state index in [4.69, 9.17) is 31.9 Å². The van der Waals surface area contributed by atoms with Crippen molar-refractivity contribution in [2.45, 2.75) is 25.5 Å². The summed E-state index contributed by atoms with van der Waals surface area (Å²) >= 11 is 6.55. The molecule has 1 fully saturated rings. The van der Waals surface area contributed by atoms with Crippen LogP contribution >= 0.6 is 11.6 Å². The number of rotatable bonds is 6. The van der Waals surface area contributed by atoms with E-state index in [1.165, 1.54) is 0 Å². The molecule has 1 aliphatic rings. The van der Waals surface area contributed by atoms with Crippen LogP contribution in [0.3, 0.4) is 0 Å². The third-order valence-electron chi connectivity index (χ3n) is 4.48. The molecule has 8 nitrogen and oxygen atoms in total. The predicted molar refractivity (Wildman–Crippen MR) is 107 cm³/mol. The maximum Gasteiger partial charge on any atom is 0.222 e. The lowest BCUT2D eigenvalue weighted by Crippen LogP contribution is -2.32. The number of hydrogen-bond donors (Lipinski definition) is 3. The largest absolute Gasteiger partial charge is 0.491 e.